The summed E-state index contributed by atoms with van der Waals surface area (Å²) in [6.07, 6.45) is -5.49. The van der Waals surface area contributed by atoms with Crippen LogP contribution in [-0.2, 0) is 14.0 Å². The van der Waals surface area contributed by atoms with Crippen LogP contribution in [0.15, 0.2) is 6.33 Å². The van der Waals surface area contributed by atoms with E-state index in [1.54, 1.807) is 0 Å². The summed E-state index contributed by atoms with van der Waals surface area (Å²) in [5.74, 6) is -2.95. The van der Waals surface area contributed by atoms with Gasteiger partial charge < -0.3 is 34.4 Å². The van der Waals surface area contributed by atoms with Crippen molar-refractivity contribution in [3.8, 4) is 6.07 Å². The average Bonchev–Trinajstić information content (AvgIpc) is 3.37. The molecule has 0 saturated carbocycles. The number of anilines is 1. The standard InChI is InChI=1S/C17H19ClF2N5O7P/c18-14-8(3-21)11(24-2-1-17(19,20)5-24)10-15(23-14)25(6-22-10)16-13(27)12(26)9(32-16)4-31-7-33(28,29)30/h6,9,12-13,16,26-27H,1-2,4-5,7H2,(H2,28,29,30)/t9-,12-,13-,16?/m1/s1. The van der Waals surface area contributed by atoms with Crippen molar-refractivity contribution in [2.45, 2.75) is 36.9 Å². The first-order chi connectivity index (χ1) is 15.4. The van der Waals surface area contributed by atoms with E-state index in [1.165, 1.54) is 15.8 Å². The number of halogens is 3. The third-order valence-corrected chi connectivity index (χ3v) is 6.18. The van der Waals surface area contributed by atoms with Crippen LogP contribution in [0.1, 0.15) is 18.2 Å². The number of aliphatic hydroxyl groups excluding tert-OH is 2. The highest BCUT2D eigenvalue weighted by Gasteiger charge is 2.45. The molecule has 0 aromatic carbocycles. The number of aliphatic hydroxyl groups is 2. The van der Waals surface area contributed by atoms with Gasteiger partial charge in [-0.1, -0.05) is 11.6 Å². The van der Waals surface area contributed by atoms with Gasteiger partial charge in [0.1, 0.15) is 41.8 Å². The minimum Gasteiger partial charge on any atom is -0.387 e. The number of aromatic nitrogens is 3. The van der Waals surface area contributed by atoms with Crippen LogP contribution in [0.3, 0.4) is 0 Å². The monoisotopic (exact) mass is 509 g/mol. The molecule has 0 amide bonds. The van der Waals surface area contributed by atoms with Gasteiger partial charge in [-0.3, -0.25) is 9.13 Å². The van der Waals surface area contributed by atoms with Crippen LogP contribution >= 0.6 is 19.2 Å². The summed E-state index contributed by atoms with van der Waals surface area (Å²) in [5.41, 5.74) is 0.0686. The Kier molecular flexibility index (Phi) is 6.36. The van der Waals surface area contributed by atoms with Crippen molar-refractivity contribution < 1.29 is 42.8 Å². The smallest absolute Gasteiger partial charge is 0.350 e. The minimum atomic E-state index is -4.44. The molecule has 1 unspecified atom stereocenters. The Bertz CT molecular complexity index is 1150. The SMILES string of the molecule is N#Cc1c(Cl)nc2c(ncn2C2O[C@H](COCP(=O)(O)O)[C@@H](O)[C@H]2O)c1N1CCC(F)(F)C1. The number of hydrogen-bond donors (Lipinski definition) is 4. The van der Waals surface area contributed by atoms with Gasteiger partial charge in [-0.15, -0.1) is 0 Å². The van der Waals surface area contributed by atoms with Crippen molar-refractivity contribution in [1.29, 1.82) is 5.26 Å². The van der Waals surface area contributed by atoms with Crippen molar-refractivity contribution in [3.05, 3.63) is 17.0 Å². The van der Waals surface area contributed by atoms with E-state index in [4.69, 9.17) is 30.9 Å². The molecule has 16 heteroatoms. The molecule has 33 heavy (non-hydrogen) atoms. The Balaban J connectivity index is 1.67. The predicted molar refractivity (Wildman–Crippen MR) is 108 cm³/mol. The number of pyridine rings is 1. The van der Waals surface area contributed by atoms with Crippen molar-refractivity contribution in [2.75, 3.05) is 30.9 Å². The highest BCUT2D eigenvalue weighted by atomic mass is 35.5. The lowest BCUT2D eigenvalue weighted by Crippen LogP contribution is -2.34. The number of nitriles is 1. The zero-order valence-electron chi connectivity index (χ0n) is 16.8. The molecule has 2 saturated heterocycles. The van der Waals surface area contributed by atoms with Crippen molar-refractivity contribution in [3.63, 3.8) is 0 Å². The van der Waals surface area contributed by atoms with Crippen molar-refractivity contribution >= 4 is 36.0 Å². The molecule has 12 nitrogen and oxygen atoms in total. The first kappa shape index (κ1) is 24.2. The van der Waals surface area contributed by atoms with Gasteiger partial charge in [-0.05, 0) is 0 Å². The number of rotatable bonds is 6. The van der Waals surface area contributed by atoms with Gasteiger partial charge in [0.25, 0.3) is 5.92 Å². The maximum absolute atomic E-state index is 13.8. The first-order valence-corrected chi connectivity index (χ1v) is 11.8. The molecule has 0 spiro atoms. The minimum absolute atomic E-state index is 0.0252. The molecule has 0 radical (unpaired) electrons. The van der Waals surface area contributed by atoms with E-state index in [0.717, 1.165) is 0 Å². The summed E-state index contributed by atoms with van der Waals surface area (Å²) in [4.78, 5) is 27.3. The molecule has 2 aliphatic heterocycles. The van der Waals surface area contributed by atoms with E-state index < -0.39 is 64.0 Å². The van der Waals surface area contributed by atoms with Crippen LogP contribution in [0.25, 0.3) is 11.2 Å². The Hall–Kier alpha value is -1.95. The fourth-order valence-corrected chi connectivity index (χ4v) is 4.46. The van der Waals surface area contributed by atoms with Crippen LogP contribution < -0.4 is 4.90 Å². The quantitative estimate of drug-likeness (QED) is 0.316. The normalized spacial score (nSPS) is 27.4. The highest BCUT2D eigenvalue weighted by molar-refractivity contribution is 7.51. The molecule has 180 valence electrons. The summed E-state index contributed by atoms with van der Waals surface area (Å²) < 4.78 is 50.3. The van der Waals surface area contributed by atoms with Gasteiger partial charge in [0, 0.05) is 13.0 Å². The Morgan fingerprint density at radius 2 is 2.12 bits per heavy atom. The van der Waals surface area contributed by atoms with E-state index in [9.17, 15) is 28.8 Å². The van der Waals surface area contributed by atoms with Gasteiger partial charge in [-0.25, -0.2) is 18.7 Å². The molecule has 2 aromatic heterocycles. The van der Waals surface area contributed by atoms with Gasteiger partial charge in [0.2, 0.25) is 0 Å². The number of hydrogen-bond acceptors (Lipinski definition) is 9. The second-order valence-electron chi connectivity index (χ2n) is 7.80. The van der Waals surface area contributed by atoms with Crippen molar-refractivity contribution in [1.82, 2.24) is 14.5 Å². The number of imidazole rings is 1. The zero-order valence-corrected chi connectivity index (χ0v) is 18.4. The van der Waals surface area contributed by atoms with Crippen LogP contribution in [0, 0.1) is 11.3 Å². The molecular formula is C17H19ClF2N5O7P. The maximum Gasteiger partial charge on any atom is 0.350 e. The van der Waals surface area contributed by atoms with Crippen LogP contribution in [0.2, 0.25) is 5.15 Å². The summed E-state index contributed by atoms with van der Waals surface area (Å²) in [6.45, 7) is -1.10. The Morgan fingerprint density at radius 3 is 2.73 bits per heavy atom. The molecule has 4 atom stereocenters. The van der Waals surface area contributed by atoms with Gasteiger partial charge in [0.05, 0.1) is 25.2 Å². The molecule has 4 rings (SSSR count). The van der Waals surface area contributed by atoms with E-state index in [-0.39, 0.29) is 34.1 Å². The van der Waals surface area contributed by atoms with E-state index in [0.29, 0.717) is 0 Å². The van der Waals surface area contributed by atoms with Crippen molar-refractivity contribution in [2.24, 2.45) is 0 Å². The molecule has 2 fully saturated rings. The fourth-order valence-electron chi connectivity index (χ4n) is 3.90. The van der Waals surface area contributed by atoms with Crippen LogP contribution in [0.4, 0.5) is 14.5 Å². The Morgan fingerprint density at radius 1 is 1.39 bits per heavy atom. The second kappa shape index (κ2) is 8.68. The topological polar surface area (TPSA) is 174 Å². The van der Waals surface area contributed by atoms with Gasteiger partial charge in [-0.2, -0.15) is 5.26 Å². The summed E-state index contributed by atoms with van der Waals surface area (Å²) in [7, 11) is -4.44. The van der Waals surface area contributed by atoms with Gasteiger partial charge >= 0.3 is 7.60 Å². The fraction of sp³-hybridized carbons (Fsp3) is 0.588. The average molecular weight is 510 g/mol. The molecule has 0 bridgehead atoms. The summed E-state index contributed by atoms with van der Waals surface area (Å²) in [5, 5.41) is 30.0. The molecule has 4 heterocycles. The predicted octanol–water partition coefficient (Wildman–Crippen LogP) is 0.573. The molecule has 0 aliphatic carbocycles. The highest BCUT2D eigenvalue weighted by Crippen LogP contribution is 2.40. The van der Waals surface area contributed by atoms with E-state index in [2.05, 4.69) is 9.97 Å². The lowest BCUT2D eigenvalue weighted by atomic mass is 10.1. The Labute approximate surface area is 190 Å². The zero-order chi connectivity index (χ0) is 24.1. The number of nitrogens with zero attached hydrogens (tertiary/aromatic N) is 5. The van der Waals surface area contributed by atoms with E-state index in [1.807, 2.05) is 6.07 Å². The molecule has 4 N–H and O–H groups in total. The lowest BCUT2D eigenvalue weighted by molar-refractivity contribution is -0.0612. The third-order valence-electron chi connectivity index (χ3n) is 5.39. The lowest BCUT2D eigenvalue weighted by Gasteiger charge is -2.21. The molecule has 2 aliphatic rings. The second-order valence-corrected chi connectivity index (χ2v) is 9.75. The number of fused-ring (bicyclic) bond motifs is 1. The number of alkyl halides is 2. The van der Waals surface area contributed by atoms with Crippen LogP contribution in [-0.4, -0.2) is 84.8 Å². The molecular weight excluding hydrogens is 491 g/mol. The molecule has 2 aromatic rings. The van der Waals surface area contributed by atoms with Gasteiger partial charge in [0.15, 0.2) is 17.0 Å². The number of ether oxygens (including phenoxy) is 2. The summed E-state index contributed by atoms with van der Waals surface area (Å²) in [6, 6.07) is 1.87. The van der Waals surface area contributed by atoms with Crippen LogP contribution in [0.5, 0.6) is 0 Å². The third kappa shape index (κ3) is 4.68. The first-order valence-electron chi connectivity index (χ1n) is 9.64. The van der Waals surface area contributed by atoms with E-state index >= 15 is 0 Å². The maximum atomic E-state index is 13.8. The summed E-state index contributed by atoms with van der Waals surface area (Å²) >= 11 is 6.16. The largest absolute Gasteiger partial charge is 0.387 e.